The van der Waals surface area contributed by atoms with Crippen molar-refractivity contribution in [3.63, 3.8) is 0 Å². The van der Waals surface area contributed by atoms with Crippen LogP contribution in [0.1, 0.15) is 26.7 Å². The van der Waals surface area contributed by atoms with Gasteiger partial charge in [-0.05, 0) is 29.8 Å². The van der Waals surface area contributed by atoms with Gasteiger partial charge >= 0.3 is 0 Å². The van der Waals surface area contributed by atoms with Crippen LogP contribution in [0, 0.1) is 5.92 Å². The van der Waals surface area contributed by atoms with Gasteiger partial charge in [-0.15, -0.1) is 0 Å². The van der Waals surface area contributed by atoms with Crippen molar-refractivity contribution in [2.75, 3.05) is 5.75 Å². The summed E-state index contributed by atoms with van der Waals surface area (Å²) in [5.41, 5.74) is 0. The molecule has 0 aromatic carbocycles. The average molecular weight is 176 g/mol. The van der Waals surface area contributed by atoms with Crippen LogP contribution in [-0.2, 0) is 0 Å². The predicted molar refractivity (Wildman–Crippen MR) is 53.1 cm³/mol. The van der Waals surface area contributed by atoms with Crippen LogP contribution in [0.5, 0.6) is 0 Å². The molecule has 1 rings (SSSR count). The molecule has 1 aliphatic heterocycles. The Labute approximate surface area is 73.6 Å². The van der Waals surface area contributed by atoms with Gasteiger partial charge in [0.1, 0.15) is 0 Å². The topological polar surface area (TPSA) is 0 Å². The molecule has 0 saturated carbocycles. The molecule has 1 saturated heterocycles. The Morgan fingerprint density at radius 2 is 2.40 bits per heavy atom. The van der Waals surface area contributed by atoms with Crippen LogP contribution in [0.15, 0.2) is 0 Å². The van der Waals surface area contributed by atoms with Crippen molar-refractivity contribution in [1.29, 1.82) is 0 Å². The Balaban J connectivity index is 2.18. The highest BCUT2D eigenvalue weighted by atomic mass is 32.2. The van der Waals surface area contributed by atoms with E-state index in [1.54, 1.807) is 0 Å². The van der Waals surface area contributed by atoms with Crippen molar-refractivity contribution >= 4 is 24.4 Å². The van der Waals surface area contributed by atoms with Gasteiger partial charge in [-0.1, -0.05) is 13.8 Å². The van der Waals surface area contributed by atoms with Crippen LogP contribution in [0.25, 0.3) is 0 Å². The molecule has 1 aliphatic rings. The maximum absolute atomic E-state index is 4.39. The molecule has 2 heteroatoms. The van der Waals surface area contributed by atoms with Gasteiger partial charge in [0, 0.05) is 5.25 Å². The smallest absolute Gasteiger partial charge is 0.00603 e. The van der Waals surface area contributed by atoms with Crippen LogP contribution in [0.2, 0.25) is 0 Å². The average Bonchev–Trinajstić information content (AvgIpc) is 2.13. The van der Waals surface area contributed by atoms with Gasteiger partial charge in [-0.3, -0.25) is 0 Å². The monoisotopic (exact) mass is 176 g/mol. The van der Waals surface area contributed by atoms with Crippen LogP contribution < -0.4 is 0 Å². The summed E-state index contributed by atoms with van der Waals surface area (Å²) in [5.74, 6) is 2.31. The fourth-order valence-electron chi connectivity index (χ4n) is 1.43. The third-order valence-corrected chi connectivity index (χ3v) is 3.71. The molecule has 10 heavy (non-hydrogen) atoms. The second-order valence-corrected chi connectivity index (χ2v) is 5.60. The second kappa shape index (κ2) is 3.91. The molecule has 1 unspecified atom stereocenters. The second-order valence-electron chi connectivity index (χ2n) is 3.38. The molecule has 3 atom stereocenters. The van der Waals surface area contributed by atoms with E-state index in [2.05, 4.69) is 38.2 Å². The van der Waals surface area contributed by atoms with E-state index in [1.165, 1.54) is 18.6 Å². The molecule has 60 valence electrons. The standard InChI is InChI=1S/C8H16S2/c1-6-3-8(10-5-6)4-7(2)9/h6-9H,3-5H2,1-2H3/t6-,7+,8?/m1/s1. The molecule has 0 aliphatic carbocycles. The van der Waals surface area contributed by atoms with Crippen molar-refractivity contribution < 1.29 is 0 Å². The highest BCUT2D eigenvalue weighted by Gasteiger charge is 2.22. The first kappa shape index (κ1) is 8.79. The van der Waals surface area contributed by atoms with Gasteiger partial charge in [0.05, 0.1) is 0 Å². The zero-order valence-electron chi connectivity index (χ0n) is 6.71. The van der Waals surface area contributed by atoms with E-state index in [9.17, 15) is 0 Å². The third-order valence-electron chi connectivity index (χ3n) is 1.89. The van der Waals surface area contributed by atoms with Gasteiger partial charge in [0.2, 0.25) is 0 Å². The Kier molecular flexibility index (Phi) is 3.44. The largest absolute Gasteiger partial charge is 0.176 e. The first-order valence-electron chi connectivity index (χ1n) is 3.98. The Hall–Kier alpha value is 0.700. The summed E-state index contributed by atoms with van der Waals surface area (Å²) in [6.45, 7) is 4.53. The Bertz CT molecular complexity index is 101. The van der Waals surface area contributed by atoms with Crippen molar-refractivity contribution in [2.24, 2.45) is 5.92 Å². The van der Waals surface area contributed by atoms with Gasteiger partial charge in [-0.25, -0.2) is 0 Å². The Morgan fingerprint density at radius 3 is 2.80 bits per heavy atom. The van der Waals surface area contributed by atoms with Gasteiger partial charge in [0.25, 0.3) is 0 Å². The number of thioether (sulfide) groups is 1. The van der Waals surface area contributed by atoms with Crippen molar-refractivity contribution in [3.8, 4) is 0 Å². The molecule has 0 bridgehead atoms. The summed E-state index contributed by atoms with van der Waals surface area (Å²) in [4.78, 5) is 0. The lowest BCUT2D eigenvalue weighted by Gasteiger charge is -2.09. The summed E-state index contributed by atoms with van der Waals surface area (Å²) >= 11 is 6.52. The minimum Gasteiger partial charge on any atom is -0.176 e. The lowest BCUT2D eigenvalue weighted by molar-refractivity contribution is 0.588. The maximum Gasteiger partial charge on any atom is 0.00603 e. The fourth-order valence-corrected chi connectivity index (χ4v) is 3.45. The van der Waals surface area contributed by atoms with E-state index >= 15 is 0 Å². The van der Waals surface area contributed by atoms with E-state index in [0.717, 1.165) is 11.2 Å². The number of thiol groups is 1. The van der Waals surface area contributed by atoms with Crippen LogP contribution in [-0.4, -0.2) is 16.3 Å². The molecule has 0 nitrogen and oxygen atoms in total. The van der Waals surface area contributed by atoms with Crippen molar-refractivity contribution in [3.05, 3.63) is 0 Å². The highest BCUT2D eigenvalue weighted by Crippen LogP contribution is 2.34. The molecule has 0 aromatic heterocycles. The van der Waals surface area contributed by atoms with Crippen LogP contribution in [0.3, 0.4) is 0 Å². The summed E-state index contributed by atoms with van der Waals surface area (Å²) < 4.78 is 0. The number of rotatable bonds is 2. The molecular weight excluding hydrogens is 160 g/mol. The van der Waals surface area contributed by atoms with Gasteiger partial charge in [0.15, 0.2) is 0 Å². The Morgan fingerprint density at radius 1 is 1.70 bits per heavy atom. The zero-order valence-corrected chi connectivity index (χ0v) is 8.42. The van der Waals surface area contributed by atoms with Gasteiger partial charge in [-0.2, -0.15) is 24.4 Å². The maximum atomic E-state index is 4.39. The minimum atomic E-state index is 0.586. The summed E-state index contributed by atoms with van der Waals surface area (Å²) in [5, 5.41) is 1.49. The molecule has 0 spiro atoms. The summed E-state index contributed by atoms with van der Waals surface area (Å²) in [6.07, 6.45) is 2.70. The molecule has 0 amide bonds. The SMILES string of the molecule is C[C@H]1CSC(C[C@H](C)S)C1. The third kappa shape index (κ3) is 2.75. The first-order valence-corrected chi connectivity index (χ1v) is 5.54. The predicted octanol–water partition coefficient (Wildman–Crippen LogP) is 2.84. The summed E-state index contributed by atoms with van der Waals surface area (Å²) in [7, 11) is 0. The van der Waals surface area contributed by atoms with Gasteiger partial charge < -0.3 is 0 Å². The molecule has 0 radical (unpaired) electrons. The van der Waals surface area contributed by atoms with E-state index in [-0.39, 0.29) is 0 Å². The molecule has 0 N–H and O–H groups in total. The molecule has 0 aromatic rings. The van der Waals surface area contributed by atoms with E-state index in [1.807, 2.05) is 0 Å². The minimum absolute atomic E-state index is 0.586. The zero-order chi connectivity index (χ0) is 7.56. The first-order chi connectivity index (χ1) is 4.68. The fraction of sp³-hybridized carbons (Fsp3) is 1.00. The highest BCUT2D eigenvalue weighted by molar-refractivity contribution is 8.00. The van der Waals surface area contributed by atoms with Crippen molar-refractivity contribution in [1.82, 2.24) is 0 Å². The number of hydrogen-bond donors (Lipinski definition) is 1. The van der Waals surface area contributed by atoms with Crippen LogP contribution >= 0.6 is 24.4 Å². The van der Waals surface area contributed by atoms with Crippen LogP contribution in [0.4, 0.5) is 0 Å². The normalized spacial score (nSPS) is 36.3. The molecule has 1 fully saturated rings. The molecular formula is C8H16S2. The lowest BCUT2D eigenvalue weighted by atomic mass is 10.1. The molecule has 1 heterocycles. The van der Waals surface area contributed by atoms with E-state index < -0.39 is 0 Å². The summed E-state index contributed by atoms with van der Waals surface area (Å²) in [6, 6.07) is 0. The van der Waals surface area contributed by atoms with E-state index in [4.69, 9.17) is 0 Å². The lowest BCUT2D eigenvalue weighted by Crippen LogP contribution is -2.05. The number of hydrogen-bond acceptors (Lipinski definition) is 2. The quantitative estimate of drug-likeness (QED) is 0.631. The van der Waals surface area contributed by atoms with E-state index in [0.29, 0.717) is 5.25 Å². The van der Waals surface area contributed by atoms with Crippen molar-refractivity contribution in [2.45, 2.75) is 37.2 Å².